The fraction of sp³-hybridized carbons (Fsp3) is 0.235. The van der Waals surface area contributed by atoms with Gasteiger partial charge in [-0.1, -0.05) is 29.6 Å². The number of anilines is 1. The molecular weight excluding hydrogens is 336 g/mol. The fourth-order valence-corrected chi connectivity index (χ4v) is 3.28. The zero-order chi connectivity index (χ0) is 17.1. The zero-order valence-corrected chi connectivity index (χ0v) is 14.0. The van der Waals surface area contributed by atoms with E-state index in [1.807, 2.05) is 6.07 Å². The van der Waals surface area contributed by atoms with Crippen LogP contribution < -0.4 is 5.32 Å². The molecule has 25 heavy (non-hydrogen) atoms. The van der Waals surface area contributed by atoms with Crippen molar-refractivity contribution in [3.8, 4) is 11.8 Å². The van der Waals surface area contributed by atoms with E-state index in [2.05, 4.69) is 48.1 Å². The lowest BCUT2D eigenvalue weighted by Gasteiger charge is -2.22. The van der Waals surface area contributed by atoms with E-state index in [1.54, 1.807) is 29.5 Å². The molecule has 0 unspecified atom stereocenters. The van der Waals surface area contributed by atoms with E-state index in [4.69, 9.17) is 0 Å². The van der Waals surface area contributed by atoms with Gasteiger partial charge >= 0.3 is 0 Å². The third-order valence-corrected chi connectivity index (χ3v) is 4.87. The van der Waals surface area contributed by atoms with Gasteiger partial charge in [-0.2, -0.15) is 5.21 Å². The monoisotopic (exact) mass is 350 g/mol. The van der Waals surface area contributed by atoms with Crippen LogP contribution in [0.3, 0.4) is 0 Å². The number of amides is 1. The quantitative estimate of drug-likeness (QED) is 0.708. The van der Waals surface area contributed by atoms with Crippen LogP contribution in [0.15, 0.2) is 29.6 Å². The number of rotatable bonds is 3. The van der Waals surface area contributed by atoms with Crippen molar-refractivity contribution >= 4 is 23.2 Å². The highest BCUT2D eigenvalue weighted by Crippen LogP contribution is 2.36. The zero-order valence-electron chi connectivity index (χ0n) is 13.2. The lowest BCUT2D eigenvalue weighted by atomic mass is 9.83. The van der Waals surface area contributed by atoms with Gasteiger partial charge in [-0.25, -0.2) is 4.98 Å². The molecule has 2 heterocycles. The van der Waals surface area contributed by atoms with Crippen LogP contribution in [-0.4, -0.2) is 31.5 Å². The summed E-state index contributed by atoms with van der Waals surface area (Å²) in [5, 5.41) is 18.6. The molecule has 1 aliphatic carbocycles. The van der Waals surface area contributed by atoms with Crippen LogP contribution in [0.4, 0.5) is 5.95 Å². The second-order valence-corrected chi connectivity index (χ2v) is 6.55. The van der Waals surface area contributed by atoms with E-state index in [0.29, 0.717) is 17.0 Å². The first kappa shape index (κ1) is 15.5. The van der Waals surface area contributed by atoms with E-state index in [9.17, 15) is 4.79 Å². The first-order valence-corrected chi connectivity index (χ1v) is 8.79. The number of carbonyl (C=O) groups is 1. The molecule has 0 radical (unpaired) electrons. The molecule has 1 amide bonds. The third kappa shape index (κ3) is 3.41. The Bertz CT molecular complexity index is 949. The number of thiazole rings is 1. The Labute approximate surface area is 147 Å². The fourth-order valence-electron chi connectivity index (χ4n) is 2.53. The van der Waals surface area contributed by atoms with Gasteiger partial charge in [-0.3, -0.25) is 10.1 Å². The number of carbonyl (C=O) groups excluding carboxylic acids is 1. The van der Waals surface area contributed by atoms with Crippen LogP contribution in [0.1, 0.15) is 51.8 Å². The minimum Gasteiger partial charge on any atom is -0.288 e. The summed E-state index contributed by atoms with van der Waals surface area (Å²) in [4.78, 5) is 17.0. The topological polar surface area (TPSA) is 96.5 Å². The second kappa shape index (κ2) is 6.83. The van der Waals surface area contributed by atoms with Gasteiger partial charge in [0, 0.05) is 16.9 Å². The van der Waals surface area contributed by atoms with Gasteiger partial charge in [0.1, 0.15) is 0 Å². The normalized spacial score (nSPS) is 13.6. The molecule has 0 atom stereocenters. The summed E-state index contributed by atoms with van der Waals surface area (Å²) in [5.41, 5.74) is 2.23. The Morgan fingerprint density at radius 1 is 1.28 bits per heavy atom. The summed E-state index contributed by atoms with van der Waals surface area (Å²) in [6, 6.07) is 7.14. The molecule has 124 valence electrons. The van der Waals surface area contributed by atoms with Crippen LogP contribution in [0.5, 0.6) is 0 Å². The number of tetrazole rings is 1. The molecule has 4 rings (SSSR count). The summed E-state index contributed by atoms with van der Waals surface area (Å²) in [7, 11) is 0. The molecule has 1 aliphatic rings. The van der Waals surface area contributed by atoms with E-state index in [0.717, 1.165) is 10.7 Å². The predicted molar refractivity (Wildman–Crippen MR) is 93.3 cm³/mol. The predicted octanol–water partition coefficient (Wildman–Crippen LogP) is 2.58. The molecule has 0 aliphatic heterocycles. The van der Waals surface area contributed by atoms with Crippen molar-refractivity contribution in [3.63, 3.8) is 0 Å². The van der Waals surface area contributed by atoms with E-state index < -0.39 is 0 Å². The summed E-state index contributed by atoms with van der Waals surface area (Å²) >= 11 is 1.55. The van der Waals surface area contributed by atoms with Crippen molar-refractivity contribution in [3.05, 3.63) is 51.5 Å². The van der Waals surface area contributed by atoms with Gasteiger partial charge in [-0.05, 0) is 36.1 Å². The maximum absolute atomic E-state index is 12.4. The van der Waals surface area contributed by atoms with Gasteiger partial charge in [0.25, 0.3) is 11.9 Å². The van der Waals surface area contributed by atoms with Crippen molar-refractivity contribution in [2.24, 2.45) is 0 Å². The summed E-state index contributed by atoms with van der Waals surface area (Å²) in [5.74, 6) is 6.50. The Morgan fingerprint density at radius 3 is 2.92 bits per heavy atom. The molecule has 7 nitrogen and oxygen atoms in total. The van der Waals surface area contributed by atoms with Crippen LogP contribution >= 0.6 is 11.3 Å². The number of benzene rings is 1. The molecule has 0 saturated heterocycles. The molecule has 1 aromatic carbocycles. The Hall–Kier alpha value is -3.05. The van der Waals surface area contributed by atoms with Crippen molar-refractivity contribution in [1.29, 1.82) is 0 Å². The van der Waals surface area contributed by atoms with Crippen molar-refractivity contribution in [1.82, 2.24) is 25.6 Å². The number of nitrogens with zero attached hydrogens (tertiary/aromatic N) is 4. The first-order chi connectivity index (χ1) is 12.3. The second-order valence-electron chi connectivity index (χ2n) is 5.69. The Balaban J connectivity index is 1.55. The number of aromatic nitrogens is 5. The maximum Gasteiger partial charge on any atom is 0.270 e. The molecule has 1 saturated carbocycles. The molecule has 1 fully saturated rings. The molecule has 8 heteroatoms. The lowest BCUT2D eigenvalue weighted by Crippen LogP contribution is -2.14. The lowest BCUT2D eigenvalue weighted by molar-refractivity contribution is 0.102. The van der Waals surface area contributed by atoms with Crippen LogP contribution in [-0.2, 0) is 0 Å². The molecule has 2 aromatic heterocycles. The Morgan fingerprint density at radius 2 is 2.16 bits per heavy atom. The van der Waals surface area contributed by atoms with Gasteiger partial charge in [0.05, 0.1) is 11.3 Å². The molecule has 3 aromatic rings. The molecule has 2 N–H and O–H groups in total. The van der Waals surface area contributed by atoms with Crippen molar-refractivity contribution in [2.45, 2.75) is 25.2 Å². The SMILES string of the molecule is O=C(Nc1nn[nH]n1)c1ccccc1C#Cc1nc(C2CCC2)cs1. The smallest absolute Gasteiger partial charge is 0.270 e. The van der Waals surface area contributed by atoms with Crippen molar-refractivity contribution in [2.75, 3.05) is 5.32 Å². The number of hydrogen-bond donors (Lipinski definition) is 2. The standard InChI is InChI=1S/C17H14N6OS/c24-16(19-17-20-22-23-21-17)13-7-2-1-4-11(13)8-9-15-18-14(10-25-15)12-5-3-6-12/h1-2,4,7,10,12H,3,5-6H2,(H2,19,20,21,22,23,24). The first-order valence-electron chi connectivity index (χ1n) is 7.91. The van der Waals surface area contributed by atoms with Gasteiger partial charge in [-0.15, -0.1) is 16.4 Å². The van der Waals surface area contributed by atoms with Crippen LogP contribution in [0.25, 0.3) is 0 Å². The van der Waals surface area contributed by atoms with Crippen molar-refractivity contribution < 1.29 is 4.79 Å². The highest BCUT2D eigenvalue weighted by molar-refractivity contribution is 7.10. The summed E-state index contributed by atoms with van der Waals surface area (Å²) in [6.07, 6.45) is 3.72. The Kier molecular flexibility index (Phi) is 4.23. The highest BCUT2D eigenvalue weighted by Gasteiger charge is 2.21. The third-order valence-electron chi connectivity index (χ3n) is 4.09. The average Bonchev–Trinajstić information content (AvgIpc) is 3.24. The maximum atomic E-state index is 12.4. The molecule has 0 spiro atoms. The highest BCUT2D eigenvalue weighted by atomic mass is 32.1. The van der Waals surface area contributed by atoms with Gasteiger partial charge < -0.3 is 0 Å². The minimum absolute atomic E-state index is 0.123. The van der Waals surface area contributed by atoms with E-state index in [1.165, 1.54) is 19.3 Å². The van der Waals surface area contributed by atoms with E-state index in [-0.39, 0.29) is 11.9 Å². The summed E-state index contributed by atoms with van der Waals surface area (Å²) < 4.78 is 0. The average molecular weight is 350 g/mol. The number of hydrogen-bond acceptors (Lipinski definition) is 6. The van der Waals surface area contributed by atoms with Gasteiger partial charge in [0.2, 0.25) is 0 Å². The van der Waals surface area contributed by atoms with Crippen LogP contribution in [0, 0.1) is 11.8 Å². The largest absolute Gasteiger partial charge is 0.288 e. The number of aromatic amines is 1. The minimum atomic E-state index is -0.333. The molecular formula is C17H14N6OS. The summed E-state index contributed by atoms with van der Waals surface area (Å²) in [6.45, 7) is 0. The number of H-pyrrole nitrogens is 1. The number of nitrogens with one attached hydrogen (secondary N) is 2. The molecule has 0 bridgehead atoms. The van der Waals surface area contributed by atoms with Gasteiger partial charge in [0.15, 0.2) is 5.01 Å². The van der Waals surface area contributed by atoms with Crippen LogP contribution in [0.2, 0.25) is 0 Å². The van der Waals surface area contributed by atoms with E-state index >= 15 is 0 Å².